The highest BCUT2D eigenvalue weighted by Gasteiger charge is 2.33. The van der Waals surface area contributed by atoms with Gasteiger partial charge in [-0.25, -0.2) is 9.78 Å². The number of nitrogens with zero attached hydrogens (tertiary/aromatic N) is 4. The molecule has 3 aliphatic rings. The molecule has 1 saturated carbocycles. The number of amides is 3. The molecular formula is C19H27N5O4. The van der Waals surface area contributed by atoms with Crippen LogP contribution in [0.15, 0.2) is 0 Å². The highest BCUT2D eigenvalue weighted by molar-refractivity contribution is 5.97. The maximum atomic E-state index is 13.1. The Morgan fingerprint density at radius 3 is 2.46 bits per heavy atom. The van der Waals surface area contributed by atoms with E-state index in [4.69, 9.17) is 4.74 Å². The summed E-state index contributed by atoms with van der Waals surface area (Å²) in [5.41, 5.74) is 1.28. The Morgan fingerprint density at radius 2 is 1.79 bits per heavy atom. The van der Waals surface area contributed by atoms with E-state index in [2.05, 4.69) is 10.3 Å². The maximum absolute atomic E-state index is 13.1. The number of nitrogens with one attached hydrogen (secondary N) is 1. The molecule has 4 rings (SSSR count). The summed E-state index contributed by atoms with van der Waals surface area (Å²) in [4.78, 5) is 45.4. The van der Waals surface area contributed by atoms with E-state index >= 15 is 0 Å². The molecular weight excluding hydrogens is 362 g/mol. The van der Waals surface area contributed by atoms with E-state index in [1.807, 2.05) is 4.57 Å². The highest BCUT2D eigenvalue weighted by atomic mass is 16.6. The van der Waals surface area contributed by atoms with Gasteiger partial charge >= 0.3 is 6.09 Å². The lowest BCUT2D eigenvalue weighted by Crippen LogP contribution is -2.51. The van der Waals surface area contributed by atoms with E-state index in [1.54, 1.807) is 16.7 Å². The predicted octanol–water partition coefficient (Wildman–Crippen LogP) is 1.03. The Bertz CT molecular complexity index is 778. The molecule has 1 saturated heterocycles. The van der Waals surface area contributed by atoms with Gasteiger partial charge in [0.25, 0.3) is 11.8 Å². The van der Waals surface area contributed by atoms with Crippen molar-refractivity contribution in [2.24, 2.45) is 0 Å². The van der Waals surface area contributed by atoms with E-state index in [0.29, 0.717) is 50.8 Å². The fourth-order valence-corrected chi connectivity index (χ4v) is 3.82. The van der Waals surface area contributed by atoms with Gasteiger partial charge < -0.3 is 24.4 Å². The van der Waals surface area contributed by atoms with E-state index in [0.717, 1.165) is 37.8 Å². The van der Waals surface area contributed by atoms with Crippen LogP contribution >= 0.6 is 0 Å². The van der Waals surface area contributed by atoms with Crippen LogP contribution < -0.4 is 5.32 Å². The first-order valence-electron chi connectivity index (χ1n) is 10.2. The number of piperazine rings is 1. The lowest BCUT2D eigenvalue weighted by Gasteiger charge is -2.34. The van der Waals surface area contributed by atoms with E-state index in [9.17, 15) is 14.4 Å². The van der Waals surface area contributed by atoms with E-state index < -0.39 is 0 Å². The summed E-state index contributed by atoms with van der Waals surface area (Å²) in [6.45, 7) is 4.57. The number of aromatic nitrogens is 2. The summed E-state index contributed by atoms with van der Waals surface area (Å²) in [5, 5.41) is 2.98. The number of carbonyl (C=O) groups is 3. The molecule has 2 aliphatic heterocycles. The van der Waals surface area contributed by atoms with Crippen molar-refractivity contribution in [3.05, 3.63) is 17.2 Å². The van der Waals surface area contributed by atoms with Crippen molar-refractivity contribution < 1.29 is 19.1 Å². The Labute approximate surface area is 164 Å². The van der Waals surface area contributed by atoms with Crippen LogP contribution in [0.4, 0.5) is 4.79 Å². The number of hydrogen-bond donors (Lipinski definition) is 1. The fourth-order valence-electron chi connectivity index (χ4n) is 3.82. The van der Waals surface area contributed by atoms with Crippen molar-refractivity contribution >= 4 is 17.9 Å². The lowest BCUT2D eigenvalue weighted by molar-refractivity contribution is 0.0556. The smallest absolute Gasteiger partial charge is 0.409 e. The predicted molar refractivity (Wildman–Crippen MR) is 100 cm³/mol. The van der Waals surface area contributed by atoms with Crippen LogP contribution in [0, 0.1) is 0 Å². The van der Waals surface area contributed by atoms with Crippen LogP contribution in [0.2, 0.25) is 0 Å². The molecule has 1 aromatic heterocycles. The van der Waals surface area contributed by atoms with Crippen molar-refractivity contribution in [1.82, 2.24) is 24.7 Å². The minimum Gasteiger partial charge on any atom is -0.450 e. The van der Waals surface area contributed by atoms with Gasteiger partial charge in [0.05, 0.1) is 12.3 Å². The second-order valence-corrected chi connectivity index (χ2v) is 7.57. The van der Waals surface area contributed by atoms with Gasteiger partial charge in [0.1, 0.15) is 5.69 Å². The molecule has 3 amide bonds. The SMILES string of the molecule is CCOC(=O)N1CCN(C(=O)c2nc(C(=O)NC3CC3)c3n2CCCC3)CC1. The minimum atomic E-state index is -0.341. The van der Waals surface area contributed by atoms with Crippen LogP contribution in [-0.4, -0.2) is 76.1 Å². The van der Waals surface area contributed by atoms with E-state index in [1.165, 1.54) is 0 Å². The molecule has 0 unspecified atom stereocenters. The normalized spacial score (nSPS) is 19.2. The van der Waals surface area contributed by atoms with Crippen molar-refractivity contribution in [3.8, 4) is 0 Å². The molecule has 1 N–H and O–H groups in total. The molecule has 0 bridgehead atoms. The Kier molecular flexibility index (Phi) is 5.23. The summed E-state index contributed by atoms with van der Waals surface area (Å²) in [5.74, 6) is 0.0108. The highest BCUT2D eigenvalue weighted by Crippen LogP contribution is 2.24. The Balaban J connectivity index is 1.49. The van der Waals surface area contributed by atoms with Gasteiger partial charge in [0, 0.05) is 38.8 Å². The van der Waals surface area contributed by atoms with Crippen LogP contribution in [0.3, 0.4) is 0 Å². The summed E-state index contributed by atoms with van der Waals surface area (Å²) in [6, 6.07) is 0.253. The zero-order valence-electron chi connectivity index (χ0n) is 16.3. The summed E-state index contributed by atoms with van der Waals surface area (Å²) in [6.07, 6.45) is 4.43. The van der Waals surface area contributed by atoms with Gasteiger partial charge in [0.15, 0.2) is 5.82 Å². The average molecular weight is 389 g/mol. The van der Waals surface area contributed by atoms with Crippen LogP contribution in [-0.2, 0) is 17.7 Å². The van der Waals surface area contributed by atoms with Crippen LogP contribution in [0.1, 0.15) is 59.4 Å². The molecule has 9 nitrogen and oxygen atoms in total. The van der Waals surface area contributed by atoms with Crippen LogP contribution in [0.5, 0.6) is 0 Å². The molecule has 0 spiro atoms. The Morgan fingerprint density at radius 1 is 1.07 bits per heavy atom. The molecule has 9 heteroatoms. The molecule has 152 valence electrons. The third-order valence-electron chi connectivity index (χ3n) is 5.53. The van der Waals surface area contributed by atoms with Crippen molar-refractivity contribution in [2.75, 3.05) is 32.8 Å². The molecule has 0 radical (unpaired) electrons. The van der Waals surface area contributed by atoms with Gasteiger partial charge in [-0.05, 0) is 39.0 Å². The van der Waals surface area contributed by atoms with Crippen molar-refractivity contribution in [2.45, 2.75) is 51.6 Å². The van der Waals surface area contributed by atoms with Gasteiger partial charge in [-0.2, -0.15) is 0 Å². The number of imidazole rings is 1. The first-order valence-corrected chi connectivity index (χ1v) is 10.2. The summed E-state index contributed by atoms with van der Waals surface area (Å²) < 4.78 is 6.95. The molecule has 2 fully saturated rings. The zero-order chi connectivity index (χ0) is 19.7. The molecule has 3 heterocycles. The van der Waals surface area contributed by atoms with Crippen molar-refractivity contribution in [1.29, 1.82) is 0 Å². The molecule has 1 aliphatic carbocycles. The van der Waals surface area contributed by atoms with Gasteiger partial charge in [-0.3, -0.25) is 9.59 Å². The standard InChI is InChI=1S/C19H27N5O4/c1-2-28-19(27)23-11-9-22(10-12-23)18(26)16-21-15(17(25)20-13-6-7-13)14-5-3-4-8-24(14)16/h13H,2-12H2,1H3,(H,20,25). The molecule has 28 heavy (non-hydrogen) atoms. The maximum Gasteiger partial charge on any atom is 0.409 e. The number of hydrogen-bond acceptors (Lipinski definition) is 5. The van der Waals surface area contributed by atoms with E-state index in [-0.39, 0.29) is 23.9 Å². The number of fused-ring (bicyclic) bond motifs is 1. The first-order chi connectivity index (χ1) is 13.6. The zero-order valence-corrected chi connectivity index (χ0v) is 16.3. The molecule has 1 aromatic rings. The topological polar surface area (TPSA) is 96.8 Å². The number of ether oxygens (including phenoxy) is 1. The second kappa shape index (κ2) is 7.81. The number of carbonyl (C=O) groups excluding carboxylic acids is 3. The monoisotopic (exact) mass is 389 g/mol. The summed E-state index contributed by atoms with van der Waals surface area (Å²) in [7, 11) is 0. The first kappa shape index (κ1) is 18.8. The third kappa shape index (κ3) is 3.70. The quantitative estimate of drug-likeness (QED) is 0.830. The van der Waals surface area contributed by atoms with Gasteiger partial charge in [-0.1, -0.05) is 0 Å². The second-order valence-electron chi connectivity index (χ2n) is 7.57. The van der Waals surface area contributed by atoms with Crippen molar-refractivity contribution in [3.63, 3.8) is 0 Å². The number of rotatable bonds is 4. The Hall–Kier alpha value is -2.58. The average Bonchev–Trinajstić information content (AvgIpc) is 3.44. The fraction of sp³-hybridized carbons (Fsp3) is 0.684. The lowest BCUT2D eigenvalue weighted by atomic mass is 10.1. The van der Waals surface area contributed by atoms with Crippen LogP contribution in [0.25, 0.3) is 0 Å². The molecule has 0 atom stereocenters. The van der Waals surface area contributed by atoms with Gasteiger partial charge in [-0.15, -0.1) is 0 Å². The summed E-state index contributed by atoms with van der Waals surface area (Å²) >= 11 is 0. The van der Waals surface area contributed by atoms with Gasteiger partial charge in [0.2, 0.25) is 0 Å². The molecule has 0 aromatic carbocycles. The largest absolute Gasteiger partial charge is 0.450 e. The third-order valence-corrected chi connectivity index (χ3v) is 5.53. The minimum absolute atomic E-state index is 0.167.